The molecule has 200 valence electrons. The summed E-state index contributed by atoms with van der Waals surface area (Å²) < 4.78 is 5.45. The van der Waals surface area contributed by atoms with Gasteiger partial charge in [0.25, 0.3) is 0 Å². The summed E-state index contributed by atoms with van der Waals surface area (Å²) in [5.74, 6) is 2.22. The van der Waals surface area contributed by atoms with Gasteiger partial charge >= 0.3 is 0 Å². The Hall–Kier alpha value is -4.31. The highest BCUT2D eigenvalue weighted by Crippen LogP contribution is 2.24. The fourth-order valence-corrected chi connectivity index (χ4v) is 4.97. The topological polar surface area (TPSA) is 95.4 Å². The van der Waals surface area contributed by atoms with Gasteiger partial charge in [-0.05, 0) is 35.4 Å². The van der Waals surface area contributed by atoms with Crippen molar-refractivity contribution in [2.75, 3.05) is 72.5 Å². The fourth-order valence-electron chi connectivity index (χ4n) is 4.97. The van der Waals surface area contributed by atoms with Crippen LogP contribution in [0.1, 0.15) is 24.0 Å². The van der Waals surface area contributed by atoms with Crippen LogP contribution >= 0.6 is 0 Å². The lowest BCUT2D eigenvalue weighted by Gasteiger charge is -2.34. The van der Waals surface area contributed by atoms with E-state index in [0.29, 0.717) is 11.9 Å². The first kappa shape index (κ1) is 25.0. The van der Waals surface area contributed by atoms with E-state index in [0.717, 1.165) is 69.7 Å². The van der Waals surface area contributed by atoms with Gasteiger partial charge in [0, 0.05) is 69.0 Å². The molecule has 0 amide bonds. The van der Waals surface area contributed by atoms with Gasteiger partial charge in [-0.25, -0.2) is 19.9 Å². The Morgan fingerprint density at radius 3 is 2.05 bits per heavy atom. The summed E-state index contributed by atoms with van der Waals surface area (Å²) >= 11 is 0. The second-order valence-corrected chi connectivity index (χ2v) is 9.80. The Labute approximate surface area is 228 Å². The molecule has 4 heterocycles. The quantitative estimate of drug-likeness (QED) is 0.386. The van der Waals surface area contributed by atoms with E-state index in [4.69, 9.17) is 4.74 Å². The van der Waals surface area contributed by atoms with Gasteiger partial charge in [-0.1, -0.05) is 37.3 Å². The Balaban J connectivity index is 1.04. The summed E-state index contributed by atoms with van der Waals surface area (Å²) in [6.07, 6.45) is 5.46. The molecule has 39 heavy (non-hydrogen) atoms. The van der Waals surface area contributed by atoms with Crippen LogP contribution in [0.2, 0.25) is 0 Å². The Morgan fingerprint density at radius 1 is 0.692 bits per heavy atom. The van der Waals surface area contributed by atoms with Crippen molar-refractivity contribution in [3.8, 4) is 0 Å². The second kappa shape index (κ2) is 11.6. The zero-order chi connectivity index (χ0) is 26.4. The molecule has 2 aromatic carbocycles. The van der Waals surface area contributed by atoms with E-state index in [1.165, 1.54) is 11.3 Å². The number of hydrogen-bond acceptors (Lipinski definition) is 10. The Kier molecular flexibility index (Phi) is 7.44. The minimum atomic E-state index is 0.256. The molecule has 2 aliphatic rings. The summed E-state index contributed by atoms with van der Waals surface area (Å²) in [6, 6.07) is 18.8. The molecule has 4 aromatic rings. The maximum Gasteiger partial charge on any atom is 0.231 e. The van der Waals surface area contributed by atoms with Crippen LogP contribution in [0.5, 0.6) is 0 Å². The molecule has 6 rings (SSSR count). The maximum absolute atomic E-state index is 5.45. The molecule has 0 spiro atoms. The number of rotatable bonds is 7. The van der Waals surface area contributed by atoms with E-state index in [1.54, 1.807) is 6.33 Å². The monoisotopic (exact) mass is 523 g/mol. The van der Waals surface area contributed by atoms with E-state index < -0.39 is 0 Å². The van der Waals surface area contributed by atoms with Gasteiger partial charge < -0.3 is 24.8 Å². The molecule has 1 unspecified atom stereocenters. The lowest BCUT2D eigenvalue weighted by Crippen LogP contribution is -2.47. The third kappa shape index (κ3) is 5.91. The van der Waals surface area contributed by atoms with E-state index in [9.17, 15) is 0 Å². The lowest BCUT2D eigenvalue weighted by molar-refractivity contribution is 0.122. The number of morpholine rings is 1. The normalized spacial score (nSPS) is 16.7. The summed E-state index contributed by atoms with van der Waals surface area (Å²) in [5.41, 5.74) is 4.52. The molecule has 10 heteroatoms. The van der Waals surface area contributed by atoms with Crippen LogP contribution in [-0.2, 0) is 4.74 Å². The van der Waals surface area contributed by atoms with E-state index in [-0.39, 0.29) is 5.92 Å². The first-order valence-electron chi connectivity index (χ1n) is 13.5. The number of hydrogen-bond donors (Lipinski definition) is 1. The molecule has 2 fully saturated rings. The number of aromatic nitrogens is 5. The van der Waals surface area contributed by atoms with Crippen molar-refractivity contribution in [2.45, 2.75) is 12.8 Å². The lowest BCUT2D eigenvalue weighted by atomic mass is 9.96. The van der Waals surface area contributed by atoms with E-state index in [1.807, 2.05) is 18.5 Å². The van der Waals surface area contributed by atoms with Crippen molar-refractivity contribution in [1.29, 1.82) is 0 Å². The molecule has 1 atom stereocenters. The highest BCUT2D eigenvalue weighted by Gasteiger charge is 2.22. The number of piperazine rings is 1. The van der Waals surface area contributed by atoms with Crippen molar-refractivity contribution < 1.29 is 4.74 Å². The predicted molar refractivity (Wildman–Crippen MR) is 153 cm³/mol. The van der Waals surface area contributed by atoms with Gasteiger partial charge in [0.15, 0.2) is 0 Å². The molecule has 10 nitrogen and oxygen atoms in total. The van der Waals surface area contributed by atoms with Gasteiger partial charge in [0.05, 0.1) is 13.2 Å². The number of ether oxygens (including phenoxy) is 1. The number of anilines is 5. The molecule has 0 saturated carbocycles. The minimum Gasteiger partial charge on any atom is -0.378 e. The maximum atomic E-state index is 5.45. The number of nitrogens with one attached hydrogen (secondary N) is 1. The van der Waals surface area contributed by atoms with Gasteiger partial charge in [0.2, 0.25) is 17.8 Å². The average Bonchev–Trinajstić information content (AvgIpc) is 3.02. The van der Waals surface area contributed by atoms with Crippen LogP contribution in [0.25, 0.3) is 0 Å². The third-order valence-corrected chi connectivity index (χ3v) is 7.36. The first-order valence-corrected chi connectivity index (χ1v) is 13.5. The van der Waals surface area contributed by atoms with Crippen molar-refractivity contribution >= 4 is 29.2 Å². The minimum absolute atomic E-state index is 0.256. The Morgan fingerprint density at radius 2 is 1.36 bits per heavy atom. The average molecular weight is 524 g/mol. The first-order chi connectivity index (χ1) is 19.2. The van der Waals surface area contributed by atoms with E-state index >= 15 is 0 Å². The van der Waals surface area contributed by atoms with Crippen molar-refractivity contribution in [3.05, 3.63) is 84.4 Å². The second-order valence-electron chi connectivity index (χ2n) is 9.80. The van der Waals surface area contributed by atoms with Crippen LogP contribution < -0.4 is 20.0 Å². The molecule has 2 aromatic heterocycles. The van der Waals surface area contributed by atoms with Crippen LogP contribution in [-0.4, -0.2) is 77.4 Å². The summed E-state index contributed by atoms with van der Waals surface area (Å²) in [6.45, 7) is 8.72. The van der Waals surface area contributed by atoms with Crippen LogP contribution in [0.15, 0.2) is 73.3 Å². The van der Waals surface area contributed by atoms with Crippen LogP contribution in [0, 0.1) is 0 Å². The van der Waals surface area contributed by atoms with Crippen molar-refractivity contribution in [2.24, 2.45) is 0 Å². The molecular formula is C29H33N9O. The Bertz CT molecular complexity index is 1340. The zero-order valence-electron chi connectivity index (χ0n) is 22.1. The molecule has 2 saturated heterocycles. The van der Waals surface area contributed by atoms with Crippen LogP contribution in [0.3, 0.4) is 0 Å². The van der Waals surface area contributed by atoms with Gasteiger partial charge in [-0.15, -0.1) is 0 Å². The zero-order valence-corrected chi connectivity index (χ0v) is 22.1. The fraction of sp³-hybridized carbons (Fsp3) is 0.345. The van der Waals surface area contributed by atoms with Crippen molar-refractivity contribution in [3.63, 3.8) is 0 Å². The molecular weight excluding hydrogens is 490 g/mol. The molecule has 0 bridgehead atoms. The number of nitrogens with zero attached hydrogens (tertiary/aromatic N) is 8. The molecule has 0 aliphatic carbocycles. The van der Waals surface area contributed by atoms with Crippen molar-refractivity contribution in [1.82, 2.24) is 24.9 Å². The summed E-state index contributed by atoms with van der Waals surface area (Å²) in [4.78, 5) is 29.5. The van der Waals surface area contributed by atoms with Crippen LogP contribution in [0.4, 0.5) is 29.2 Å². The summed E-state index contributed by atoms with van der Waals surface area (Å²) in [7, 11) is 0. The van der Waals surface area contributed by atoms with E-state index in [2.05, 4.69) is 100 Å². The molecule has 0 radical (unpaired) electrons. The standard InChI is InChI=1S/C29H33N9O/c1-22(23-5-3-2-4-6-23)24-19-30-28(31-20-24)37-11-13-38(14-12-37)29-33-21-32-27(35-29)34-25-7-9-26(10-8-25)36-15-17-39-18-16-36/h2-10,19-22H,11-18H2,1H3,(H,32,33,34,35). The molecule has 1 N–H and O–H groups in total. The van der Waals surface area contributed by atoms with Gasteiger partial charge in [-0.2, -0.15) is 4.98 Å². The third-order valence-electron chi connectivity index (χ3n) is 7.36. The summed E-state index contributed by atoms with van der Waals surface area (Å²) in [5, 5.41) is 3.31. The molecule has 2 aliphatic heterocycles. The predicted octanol–water partition coefficient (Wildman–Crippen LogP) is 3.72. The van der Waals surface area contributed by atoms with Gasteiger partial charge in [-0.3, -0.25) is 0 Å². The highest BCUT2D eigenvalue weighted by molar-refractivity contribution is 5.60. The number of benzene rings is 2. The largest absolute Gasteiger partial charge is 0.378 e. The smallest absolute Gasteiger partial charge is 0.231 e. The SMILES string of the molecule is CC(c1ccccc1)c1cnc(N2CCN(c3ncnc(Nc4ccc(N5CCOCC5)cc4)n3)CC2)nc1. The highest BCUT2D eigenvalue weighted by atomic mass is 16.5. The van der Waals surface area contributed by atoms with Gasteiger partial charge in [0.1, 0.15) is 6.33 Å².